The van der Waals surface area contributed by atoms with Gasteiger partial charge in [0.1, 0.15) is 5.75 Å². The molecule has 1 N–H and O–H groups in total. The highest BCUT2D eigenvalue weighted by Gasteiger charge is 2.13. The summed E-state index contributed by atoms with van der Waals surface area (Å²) in [6, 6.07) is 3.77. The quantitative estimate of drug-likeness (QED) is 0.672. The number of hydrogen-bond acceptors (Lipinski definition) is 6. The second-order valence-corrected chi connectivity index (χ2v) is 5.27. The molecule has 1 amide bonds. The predicted octanol–water partition coefficient (Wildman–Crippen LogP) is 3.03. The number of amides is 1. The smallest absolute Gasteiger partial charge is 0.273 e. The lowest BCUT2D eigenvalue weighted by atomic mass is 10.3. The Morgan fingerprint density at radius 1 is 1.57 bits per heavy atom. The van der Waals surface area contributed by atoms with E-state index in [0.717, 1.165) is 5.69 Å². The summed E-state index contributed by atoms with van der Waals surface area (Å²) < 4.78 is 5.20. The van der Waals surface area contributed by atoms with E-state index < -0.39 is 10.8 Å². The molecule has 2 rings (SSSR count). The molecule has 0 bridgehead atoms. The molecule has 0 aliphatic rings. The number of carbonyl (C=O) groups is 1. The summed E-state index contributed by atoms with van der Waals surface area (Å²) in [6.45, 7) is 1.49. The van der Waals surface area contributed by atoms with Gasteiger partial charge in [0.2, 0.25) is 0 Å². The number of aryl methyl sites for hydroxylation is 1. The molecule has 7 nitrogen and oxygen atoms in total. The molecule has 0 atom stereocenters. The molecular formula is C12H10ClN3O4S. The van der Waals surface area contributed by atoms with Gasteiger partial charge in [-0.15, -0.1) is 11.3 Å². The van der Waals surface area contributed by atoms with Crippen LogP contribution in [0.5, 0.6) is 5.75 Å². The molecular weight excluding hydrogens is 318 g/mol. The van der Waals surface area contributed by atoms with E-state index in [1.165, 1.54) is 29.5 Å². The highest BCUT2D eigenvalue weighted by molar-refractivity contribution is 7.13. The van der Waals surface area contributed by atoms with Crippen molar-refractivity contribution >= 4 is 39.7 Å². The number of anilines is 1. The van der Waals surface area contributed by atoms with Crippen molar-refractivity contribution in [2.45, 2.75) is 6.92 Å². The van der Waals surface area contributed by atoms with Gasteiger partial charge in [0.25, 0.3) is 11.6 Å². The molecule has 1 aromatic heterocycles. The van der Waals surface area contributed by atoms with E-state index in [9.17, 15) is 14.9 Å². The molecule has 0 spiro atoms. The molecule has 110 valence electrons. The average molecular weight is 328 g/mol. The Hall–Kier alpha value is -2.19. The van der Waals surface area contributed by atoms with Crippen LogP contribution in [-0.2, 0) is 4.79 Å². The summed E-state index contributed by atoms with van der Waals surface area (Å²) in [7, 11) is 0. The molecule has 0 fully saturated rings. The van der Waals surface area contributed by atoms with Crippen molar-refractivity contribution < 1.29 is 14.5 Å². The van der Waals surface area contributed by atoms with Crippen molar-refractivity contribution in [1.82, 2.24) is 4.98 Å². The SMILES string of the molecule is Cc1csc(NC(=O)COc2cc([N+](=O)[O-])ccc2Cl)n1. The molecule has 1 heterocycles. The first-order valence-electron chi connectivity index (χ1n) is 5.74. The first-order valence-corrected chi connectivity index (χ1v) is 7.00. The number of benzene rings is 1. The second kappa shape index (κ2) is 6.51. The van der Waals surface area contributed by atoms with Crippen molar-refractivity contribution in [3.05, 3.63) is 44.4 Å². The zero-order valence-corrected chi connectivity index (χ0v) is 12.4. The van der Waals surface area contributed by atoms with E-state index in [2.05, 4.69) is 10.3 Å². The van der Waals surface area contributed by atoms with Crippen LogP contribution < -0.4 is 10.1 Å². The Morgan fingerprint density at radius 3 is 2.95 bits per heavy atom. The lowest BCUT2D eigenvalue weighted by Crippen LogP contribution is -2.20. The van der Waals surface area contributed by atoms with Crippen molar-refractivity contribution in [2.75, 3.05) is 11.9 Å². The maximum absolute atomic E-state index is 11.7. The lowest BCUT2D eigenvalue weighted by Gasteiger charge is -2.07. The standard InChI is InChI=1S/C12H10ClN3O4S/c1-7-6-21-12(14-7)15-11(17)5-20-10-4-8(16(18)19)2-3-9(10)13/h2-4,6H,5H2,1H3,(H,14,15,17). The molecule has 1 aromatic carbocycles. The van der Waals surface area contributed by atoms with Gasteiger partial charge in [-0.05, 0) is 13.0 Å². The normalized spacial score (nSPS) is 10.2. The molecule has 0 radical (unpaired) electrons. The van der Waals surface area contributed by atoms with Crippen LogP contribution in [0.1, 0.15) is 5.69 Å². The number of non-ortho nitro benzene ring substituents is 1. The number of nitrogens with zero attached hydrogens (tertiary/aromatic N) is 2. The first-order chi connectivity index (χ1) is 9.95. The Kier molecular flexibility index (Phi) is 4.71. The maximum Gasteiger partial charge on any atom is 0.273 e. The van der Waals surface area contributed by atoms with Crippen molar-refractivity contribution in [2.24, 2.45) is 0 Å². The molecule has 0 aliphatic carbocycles. The van der Waals surface area contributed by atoms with Crippen molar-refractivity contribution in [1.29, 1.82) is 0 Å². The summed E-state index contributed by atoms with van der Waals surface area (Å²) in [5.74, 6) is -0.344. The number of nitro groups is 1. The van der Waals surface area contributed by atoms with Crippen LogP contribution in [-0.4, -0.2) is 22.4 Å². The van der Waals surface area contributed by atoms with Crippen LogP contribution in [0.4, 0.5) is 10.8 Å². The highest BCUT2D eigenvalue weighted by Crippen LogP contribution is 2.28. The van der Waals surface area contributed by atoms with Gasteiger partial charge in [0.15, 0.2) is 11.7 Å². The number of rotatable bonds is 5. The number of ether oxygens (including phenoxy) is 1. The van der Waals surface area contributed by atoms with Gasteiger partial charge in [-0.25, -0.2) is 4.98 Å². The fourth-order valence-electron chi connectivity index (χ4n) is 1.43. The third-order valence-electron chi connectivity index (χ3n) is 2.35. The van der Waals surface area contributed by atoms with Gasteiger partial charge in [0.05, 0.1) is 21.7 Å². The van der Waals surface area contributed by atoms with Gasteiger partial charge >= 0.3 is 0 Å². The average Bonchev–Trinajstić information content (AvgIpc) is 2.82. The highest BCUT2D eigenvalue weighted by atomic mass is 35.5. The Morgan fingerprint density at radius 2 is 2.33 bits per heavy atom. The Bertz CT molecular complexity index is 689. The van der Waals surface area contributed by atoms with Crippen LogP contribution in [0.2, 0.25) is 5.02 Å². The first kappa shape index (κ1) is 15.2. The number of aromatic nitrogens is 1. The van der Waals surface area contributed by atoms with Crippen molar-refractivity contribution in [3.8, 4) is 5.75 Å². The number of hydrogen-bond donors (Lipinski definition) is 1. The van der Waals surface area contributed by atoms with E-state index in [0.29, 0.717) is 5.13 Å². The van der Waals surface area contributed by atoms with E-state index in [1.807, 2.05) is 6.92 Å². The number of nitrogens with one attached hydrogen (secondary N) is 1. The number of nitro benzene ring substituents is 1. The second-order valence-electron chi connectivity index (χ2n) is 4.00. The van der Waals surface area contributed by atoms with E-state index >= 15 is 0 Å². The summed E-state index contributed by atoms with van der Waals surface area (Å²) in [4.78, 5) is 25.9. The Labute approximate surface area is 128 Å². The predicted molar refractivity (Wildman–Crippen MR) is 79.1 cm³/mol. The summed E-state index contributed by atoms with van der Waals surface area (Å²) in [6.07, 6.45) is 0. The number of carbonyl (C=O) groups excluding carboxylic acids is 1. The lowest BCUT2D eigenvalue weighted by molar-refractivity contribution is -0.384. The fourth-order valence-corrected chi connectivity index (χ4v) is 2.30. The maximum atomic E-state index is 11.7. The van der Waals surface area contributed by atoms with Crippen LogP contribution in [0.15, 0.2) is 23.6 Å². The Balaban J connectivity index is 1.97. The van der Waals surface area contributed by atoms with E-state index in [-0.39, 0.29) is 23.1 Å². The summed E-state index contributed by atoms with van der Waals surface area (Å²) >= 11 is 7.15. The summed E-state index contributed by atoms with van der Waals surface area (Å²) in [5.41, 5.74) is 0.642. The van der Waals surface area contributed by atoms with Gasteiger partial charge in [-0.1, -0.05) is 11.6 Å². The number of halogens is 1. The zero-order chi connectivity index (χ0) is 15.4. The van der Waals surface area contributed by atoms with Gasteiger partial charge in [-0.2, -0.15) is 0 Å². The minimum Gasteiger partial charge on any atom is -0.482 e. The molecule has 0 aliphatic heterocycles. The third-order valence-corrected chi connectivity index (χ3v) is 3.54. The minimum atomic E-state index is -0.568. The van der Waals surface area contributed by atoms with Crippen LogP contribution in [0.25, 0.3) is 0 Å². The largest absolute Gasteiger partial charge is 0.482 e. The number of thiazole rings is 1. The van der Waals surface area contributed by atoms with Crippen LogP contribution in [0, 0.1) is 17.0 Å². The van der Waals surface area contributed by atoms with E-state index in [4.69, 9.17) is 16.3 Å². The molecule has 2 aromatic rings. The minimum absolute atomic E-state index is 0.0799. The molecule has 0 saturated heterocycles. The third kappa shape index (κ3) is 4.14. The summed E-state index contributed by atoms with van der Waals surface area (Å²) in [5, 5.41) is 15.7. The monoisotopic (exact) mass is 327 g/mol. The molecule has 9 heteroatoms. The topological polar surface area (TPSA) is 94.4 Å². The van der Waals surface area contributed by atoms with E-state index in [1.54, 1.807) is 5.38 Å². The van der Waals surface area contributed by atoms with Gasteiger partial charge in [0, 0.05) is 11.4 Å². The fraction of sp³-hybridized carbons (Fsp3) is 0.167. The van der Waals surface area contributed by atoms with Crippen LogP contribution in [0.3, 0.4) is 0 Å². The van der Waals surface area contributed by atoms with Crippen LogP contribution >= 0.6 is 22.9 Å². The molecule has 0 unspecified atom stereocenters. The molecule has 21 heavy (non-hydrogen) atoms. The zero-order valence-electron chi connectivity index (χ0n) is 10.8. The van der Waals surface area contributed by atoms with Gasteiger partial charge < -0.3 is 4.74 Å². The van der Waals surface area contributed by atoms with Gasteiger partial charge in [-0.3, -0.25) is 20.2 Å². The molecule has 0 saturated carbocycles. The van der Waals surface area contributed by atoms with Crippen molar-refractivity contribution in [3.63, 3.8) is 0 Å².